The summed E-state index contributed by atoms with van der Waals surface area (Å²) in [6, 6.07) is 27.4. The summed E-state index contributed by atoms with van der Waals surface area (Å²) in [5, 5.41) is 5.53. The number of aromatic amines is 2. The fraction of sp³-hybridized carbons (Fsp3) is 0.297. The smallest absolute Gasteiger partial charge is 0.248 e. The van der Waals surface area contributed by atoms with E-state index >= 15 is 0 Å². The van der Waals surface area contributed by atoms with Crippen LogP contribution in [-0.2, 0) is 0 Å². The summed E-state index contributed by atoms with van der Waals surface area (Å²) >= 11 is 1.80. The molecule has 2 N–H and O–H groups in total. The molecule has 3 aromatic carbocycles. The molecule has 6 aromatic rings. The number of nitrogens with zero attached hydrogens (tertiary/aromatic N) is 2. The minimum Gasteiger partial charge on any atom is -0.494 e. The molecule has 1 saturated heterocycles. The van der Waals surface area contributed by atoms with Crippen molar-refractivity contribution in [3.63, 3.8) is 0 Å². The Balaban J connectivity index is 0.968. The lowest BCUT2D eigenvalue weighted by Gasteiger charge is -2.46. The second kappa shape index (κ2) is 13.4. The van der Waals surface area contributed by atoms with Crippen LogP contribution in [0.1, 0.15) is 19.3 Å². The Morgan fingerprint density at radius 1 is 0.696 bits per heavy atom. The van der Waals surface area contributed by atoms with Gasteiger partial charge in [0, 0.05) is 46.5 Å². The molecule has 1 aliphatic heterocycles. The maximum atomic E-state index is 11.8. The van der Waals surface area contributed by atoms with Gasteiger partial charge in [-0.2, -0.15) is 0 Å². The number of ether oxygens (including phenoxy) is 2. The number of thiophene rings is 1. The van der Waals surface area contributed by atoms with Crippen LogP contribution < -0.4 is 25.5 Å². The number of piperazine rings is 1. The Morgan fingerprint density at radius 2 is 1.30 bits per heavy atom. The fourth-order valence-corrected chi connectivity index (χ4v) is 7.52. The topological polar surface area (TPSA) is 87.4 Å². The number of anilines is 1. The predicted octanol–water partition coefficient (Wildman–Crippen LogP) is 6.55. The monoisotopic (exact) mass is 635 g/mol. The Labute approximate surface area is 271 Å². The third-order valence-electron chi connectivity index (χ3n) is 9.24. The molecule has 4 heterocycles. The number of unbranched alkanes of at least 4 members (excludes halogenated alkanes) is 1. The molecule has 7 rings (SSSR count). The van der Waals surface area contributed by atoms with Gasteiger partial charge in [-0.05, 0) is 83.6 Å². The summed E-state index contributed by atoms with van der Waals surface area (Å²) in [5.74, 6) is 1.56. The van der Waals surface area contributed by atoms with Crippen LogP contribution in [0.4, 0.5) is 5.69 Å². The van der Waals surface area contributed by atoms with Crippen LogP contribution in [0.5, 0.6) is 11.5 Å². The lowest BCUT2D eigenvalue weighted by molar-refractivity contribution is -0.929. The number of H-pyrrole nitrogens is 2. The molecule has 1 fully saturated rings. The number of hydrogen-bond donors (Lipinski definition) is 2. The zero-order valence-electron chi connectivity index (χ0n) is 25.9. The van der Waals surface area contributed by atoms with E-state index in [1.807, 2.05) is 48.5 Å². The van der Waals surface area contributed by atoms with E-state index in [1.54, 1.807) is 23.5 Å². The third-order valence-corrected chi connectivity index (χ3v) is 10.1. The number of nitrogens with one attached hydrogen (secondary N) is 2. The normalized spacial score (nSPS) is 14.7. The number of fused-ring (bicyclic) bond motifs is 3. The van der Waals surface area contributed by atoms with E-state index in [4.69, 9.17) is 9.47 Å². The van der Waals surface area contributed by atoms with Crippen molar-refractivity contribution in [3.05, 3.63) is 111 Å². The molecular weight excluding hydrogens is 596 g/mol. The Kier molecular flexibility index (Phi) is 8.76. The highest BCUT2D eigenvalue weighted by Gasteiger charge is 2.32. The molecule has 0 amide bonds. The van der Waals surface area contributed by atoms with Crippen LogP contribution in [-0.4, -0.2) is 66.9 Å². The van der Waals surface area contributed by atoms with Crippen LogP contribution in [0.2, 0.25) is 0 Å². The molecule has 0 radical (unpaired) electrons. The Bertz CT molecular complexity index is 2080. The van der Waals surface area contributed by atoms with E-state index in [1.165, 1.54) is 15.8 Å². The van der Waals surface area contributed by atoms with E-state index in [0.717, 1.165) is 96.3 Å². The quantitative estimate of drug-likeness (QED) is 0.118. The largest absolute Gasteiger partial charge is 0.494 e. The van der Waals surface area contributed by atoms with Gasteiger partial charge in [0.1, 0.15) is 11.5 Å². The van der Waals surface area contributed by atoms with Gasteiger partial charge in [0.2, 0.25) is 11.1 Å². The highest BCUT2D eigenvalue weighted by molar-refractivity contribution is 7.17. The van der Waals surface area contributed by atoms with Gasteiger partial charge in [0.25, 0.3) is 0 Å². The number of benzene rings is 3. The van der Waals surface area contributed by atoms with Gasteiger partial charge in [-0.3, -0.25) is 9.59 Å². The molecule has 1 aliphatic rings. The summed E-state index contributed by atoms with van der Waals surface area (Å²) in [6.45, 7) is 7.67. The van der Waals surface area contributed by atoms with Gasteiger partial charge in [-0.15, -0.1) is 11.3 Å². The van der Waals surface area contributed by atoms with Crippen LogP contribution in [0, 0.1) is 0 Å². The second-order valence-corrected chi connectivity index (χ2v) is 13.2. The third kappa shape index (κ3) is 6.80. The standard InChI is InChI=1S/C37H38N4O4S/c42-36-13-9-27-7-11-29(25-32(27)38-36)44-22-2-1-18-41(19-4-23-45-30-12-8-28-10-14-37(43)39-33(28)26-30)20-16-40(17-21-41)34-5-3-6-35-31(34)15-24-46-35/h3,5-15,24-26H,1-2,4,16-23H2,(H-,38,39,42,43)/p+1. The van der Waals surface area contributed by atoms with Gasteiger partial charge in [0.15, 0.2) is 0 Å². The van der Waals surface area contributed by atoms with Gasteiger partial charge < -0.3 is 28.8 Å². The minimum absolute atomic E-state index is 0.107. The van der Waals surface area contributed by atoms with Crippen molar-refractivity contribution in [2.75, 3.05) is 57.4 Å². The molecule has 3 aromatic heterocycles. The lowest BCUT2D eigenvalue weighted by Crippen LogP contribution is -2.60. The van der Waals surface area contributed by atoms with Crippen LogP contribution in [0.15, 0.2) is 99.9 Å². The van der Waals surface area contributed by atoms with Crippen molar-refractivity contribution in [1.82, 2.24) is 9.97 Å². The molecule has 9 heteroatoms. The van der Waals surface area contributed by atoms with Crippen LogP contribution in [0.3, 0.4) is 0 Å². The van der Waals surface area contributed by atoms with E-state index in [0.29, 0.717) is 13.2 Å². The number of hydrogen-bond acceptors (Lipinski definition) is 6. The zero-order valence-corrected chi connectivity index (χ0v) is 26.7. The maximum Gasteiger partial charge on any atom is 0.248 e. The summed E-state index contributed by atoms with van der Waals surface area (Å²) < 4.78 is 14.7. The van der Waals surface area contributed by atoms with Crippen molar-refractivity contribution in [1.29, 1.82) is 0 Å². The summed E-state index contributed by atoms with van der Waals surface area (Å²) in [5.41, 5.74) is 2.72. The second-order valence-electron chi connectivity index (χ2n) is 12.2. The molecular formula is C37H39N4O4S+. The zero-order chi connectivity index (χ0) is 31.3. The van der Waals surface area contributed by atoms with Gasteiger partial charge >= 0.3 is 0 Å². The Hall–Kier alpha value is -4.60. The first-order valence-electron chi connectivity index (χ1n) is 16.1. The maximum absolute atomic E-state index is 11.8. The molecule has 46 heavy (non-hydrogen) atoms. The molecule has 0 unspecified atom stereocenters. The van der Waals surface area contributed by atoms with E-state index in [2.05, 4.69) is 44.5 Å². The van der Waals surface area contributed by atoms with Crippen molar-refractivity contribution in [2.24, 2.45) is 0 Å². The molecule has 0 atom stereocenters. The van der Waals surface area contributed by atoms with Crippen molar-refractivity contribution >= 4 is 48.9 Å². The average molecular weight is 636 g/mol. The first kappa shape index (κ1) is 30.1. The lowest BCUT2D eigenvalue weighted by atomic mass is 10.1. The number of pyridine rings is 2. The molecule has 236 valence electrons. The highest BCUT2D eigenvalue weighted by atomic mass is 32.1. The van der Waals surface area contributed by atoms with E-state index in [9.17, 15) is 9.59 Å². The number of aromatic nitrogens is 2. The fourth-order valence-electron chi connectivity index (χ4n) is 6.71. The number of quaternary nitrogens is 1. The average Bonchev–Trinajstić information content (AvgIpc) is 3.56. The molecule has 8 nitrogen and oxygen atoms in total. The van der Waals surface area contributed by atoms with Gasteiger partial charge in [0.05, 0.1) is 63.5 Å². The SMILES string of the molecule is O=c1ccc2ccc(OCCCC[N+]3(CCCOc4ccc5ccc(=O)[nH]c5c4)CCN(c4cccc5sccc45)CC3)cc2[nH]1. The van der Waals surface area contributed by atoms with Crippen LogP contribution >= 0.6 is 11.3 Å². The predicted molar refractivity (Wildman–Crippen MR) is 188 cm³/mol. The molecule has 0 saturated carbocycles. The van der Waals surface area contributed by atoms with Crippen LogP contribution in [0.25, 0.3) is 31.9 Å². The highest BCUT2D eigenvalue weighted by Crippen LogP contribution is 2.32. The van der Waals surface area contributed by atoms with E-state index in [-0.39, 0.29) is 11.1 Å². The summed E-state index contributed by atoms with van der Waals surface area (Å²) in [7, 11) is 0. The number of rotatable bonds is 12. The minimum atomic E-state index is -0.107. The van der Waals surface area contributed by atoms with Gasteiger partial charge in [-0.25, -0.2) is 0 Å². The van der Waals surface area contributed by atoms with E-state index < -0.39 is 0 Å². The summed E-state index contributed by atoms with van der Waals surface area (Å²) in [4.78, 5) is 31.8. The molecule has 0 bridgehead atoms. The van der Waals surface area contributed by atoms with Gasteiger partial charge in [-0.1, -0.05) is 6.07 Å². The first-order valence-corrected chi connectivity index (χ1v) is 17.0. The molecule has 0 aliphatic carbocycles. The van der Waals surface area contributed by atoms with Crippen molar-refractivity contribution < 1.29 is 14.0 Å². The first-order chi connectivity index (χ1) is 22.5. The molecule has 0 spiro atoms. The van der Waals surface area contributed by atoms with Crippen molar-refractivity contribution in [2.45, 2.75) is 19.3 Å². The van der Waals surface area contributed by atoms with Crippen molar-refractivity contribution in [3.8, 4) is 11.5 Å². The Morgan fingerprint density at radius 3 is 1.98 bits per heavy atom. The summed E-state index contributed by atoms with van der Waals surface area (Å²) in [6.07, 6.45) is 2.99.